The SMILES string of the molecule is CC(C)NC(=O)NCc1ccc(C(=O)NCC(=O)N(C)C)cc1. The van der Waals surface area contributed by atoms with Crippen molar-refractivity contribution < 1.29 is 14.4 Å². The highest BCUT2D eigenvalue weighted by Crippen LogP contribution is 2.04. The van der Waals surface area contributed by atoms with Crippen molar-refractivity contribution in [3.63, 3.8) is 0 Å². The van der Waals surface area contributed by atoms with Crippen LogP contribution >= 0.6 is 0 Å². The molecule has 0 heterocycles. The molecule has 0 unspecified atom stereocenters. The summed E-state index contributed by atoms with van der Waals surface area (Å²) in [7, 11) is 3.26. The van der Waals surface area contributed by atoms with Crippen molar-refractivity contribution in [1.82, 2.24) is 20.9 Å². The molecule has 0 radical (unpaired) electrons. The molecule has 0 saturated heterocycles. The van der Waals surface area contributed by atoms with Crippen LogP contribution in [0.3, 0.4) is 0 Å². The van der Waals surface area contributed by atoms with Crippen molar-refractivity contribution in [2.24, 2.45) is 0 Å². The summed E-state index contributed by atoms with van der Waals surface area (Å²) in [5, 5.41) is 8.02. The molecule has 0 fully saturated rings. The molecule has 1 aromatic carbocycles. The zero-order valence-corrected chi connectivity index (χ0v) is 14.0. The maximum atomic E-state index is 11.9. The van der Waals surface area contributed by atoms with E-state index in [0.29, 0.717) is 12.1 Å². The number of rotatable bonds is 6. The molecule has 0 aromatic heterocycles. The maximum Gasteiger partial charge on any atom is 0.315 e. The van der Waals surface area contributed by atoms with Gasteiger partial charge in [0.2, 0.25) is 5.91 Å². The predicted octanol–water partition coefficient (Wildman–Crippen LogP) is 0.712. The van der Waals surface area contributed by atoms with Gasteiger partial charge < -0.3 is 20.9 Å². The summed E-state index contributed by atoms with van der Waals surface area (Å²) in [6.45, 7) is 4.10. The van der Waals surface area contributed by atoms with Gasteiger partial charge in [0, 0.05) is 32.2 Å². The van der Waals surface area contributed by atoms with Crippen LogP contribution in [0.4, 0.5) is 4.79 Å². The first kappa shape index (κ1) is 18.5. The van der Waals surface area contributed by atoms with E-state index >= 15 is 0 Å². The molecule has 0 aliphatic carbocycles. The molecule has 4 amide bonds. The minimum absolute atomic E-state index is 0.0372. The topological polar surface area (TPSA) is 90.5 Å². The first-order chi connectivity index (χ1) is 10.8. The van der Waals surface area contributed by atoms with E-state index in [1.165, 1.54) is 4.90 Å². The molecule has 0 aliphatic rings. The van der Waals surface area contributed by atoms with Gasteiger partial charge in [0.25, 0.3) is 5.91 Å². The molecule has 1 aromatic rings. The lowest BCUT2D eigenvalue weighted by atomic mass is 10.1. The van der Waals surface area contributed by atoms with Crippen molar-refractivity contribution in [3.8, 4) is 0 Å². The van der Waals surface area contributed by atoms with Gasteiger partial charge in [-0.1, -0.05) is 12.1 Å². The molecule has 0 atom stereocenters. The summed E-state index contributed by atoms with van der Waals surface area (Å²) in [6, 6.07) is 6.69. The summed E-state index contributed by atoms with van der Waals surface area (Å²) < 4.78 is 0. The Morgan fingerprint density at radius 1 is 1.04 bits per heavy atom. The quantitative estimate of drug-likeness (QED) is 0.721. The summed E-state index contributed by atoms with van der Waals surface area (Å²) in [5.74, 6) is -0.479. The van der Waals surface area contributed by atoms with Gasteiger partial charge in [-0.05, 0) is 31.5 Å². The molecular formula is C16H24N4O3. The van der Waals surface area contributed by atoms with Crippen LogP contribution in [0.15, 0.2) is 24.3 Å². The molecule has 3 N–H and O–H groups in total. The van der Waals surface area contributed by atoms with E-state index in [1.54, 1.807) is 38.4 Å². The molecule has 0 spiro atoms. The second-order valence-electron chi connectivity index (χ2n) is 5.65. The van der Waals surface area contributed by atoms with E-state index in [1.807, 2.05) is 13.8 Å². The van der Waals surface area contributed by atoms with E-state index < -0.39 is 0 Å². The Balaban J connectivity index is 2.48. The number of amides is 4. The van der Waals surface area contributed by atoms with E-state index in [9.17, 15) is 14.4 Å². The molecule has 7 nitrogen and oxygen atoms in total. The van der Waals surface area contributed by atoms with Crippen LogP contribution in [0.2, 0.25) is 0 Å². The van der Waals surface area contributed by atoms with Crippen LogP contribution in [-0.4, -0.2) is 49.4 Å². The van der Waals surface area contributed by atoms with Gasteiger partial charge in [-0.2, -0.15) is 0 Å². The van der Waals surface area contributed by atoms with Crippen molar-refractivity contribution in [1.29, 1.82) is 0 Å². The molecule has 126 valence electrons. The number of carbonyl (C=O) groups is 3. The summed E-state index contributed by atoms with van der Waals surface area (Å²) in [5.41, 5.74) is 1.34. The Hall–Kier alpha value is -2.57. The average Bonchev–Trinajstić information content (AvgIpc) is 2.50. The van der Waals surface area contributed by atoms with Crippen molar-refractivity contribution in [2.75, 3.05) is 20.6 Å². The number of carbonyl (C=O) groups excluding carboxylic acids is 3. The lowest BCUT2D eigenvalue weighted by molar-refractivity contribution is -0.127. The van der Waals surface area contributed by atoms with Crippen LogP contribution in [-0.2, 0) is 11.3 Å². The maximum absolute atomic E-state index is 11.9. The van der Waals surface area contributed by atoms with Gasteiger partial charge in [-0.15, -0.1) is 0 Å². The minimum Gasteiger partial charge on any atom is -0.347 e. The van der Waals surface area contributed by atoms with Crippen LogP contribution in [0, 0.1) is 0 Å². The highest BCUT2D eigenvalue weighted by Gasteiger charge is 2.09. The Bertz CT molecular complexity index is 553. The Morgan fingerprint density at radius 2 is 1.65 bits per heavy atom. The molecule has 1 rings (SSSR count). The standard InChI is InChI=1S/C16H24N4O3/c1-11(2)19-16(23)18-9-12-5-7-13(8-6-12)15(22)17-10-14(21)20(3)4/h5-8,11H,9-10H2,1-4H3,(H,17,22)(H2,18,19,23). The van der Waals surface area contributed by atoms with Crippen LogP contribution in [0.25, 0.3) is 0 Å². The fourth-order valence-electron chi connectivity index (χ4n) is 1.69. The Kier molecular flexibility index (Phi) is 7.05. The highest BCUT2D eigenvalue weighted by molar-refractivity contribution is 5.96. The van der Waals surface area contributed by atoms with Gasteiger partial charge >= 0.3 is 6.03 Å². The van der Waals surface area contributed by atoms with Crippen molar-refractivity contribution in [3.05, 3.63) is 35.4 Å². The zero-order chi connectivity index (χ0) is 17.4. The molecule has 0 bridgehead atoms. The van der Waals surface area contributed by atoms with E-state index in [0.717, 1.165) is 5.56 Å². The first-order valence-corrected chi connectivity index (χ1v) is 7.41. The third kappa shape index (κ3) is 6.82. The second-order valence-corrected chi connectivity index (χ2v) is 5.65. The van der Waals surface area contributed by atoms with Gasteiger partial charge in [0.05, 0.1) is 6.54 Å². The zero-order valence-electron chi connectivity index (χ0n) is 14.0. The van der Waals surface area contributed by atoms with E-state index in [4.69, 9.17) is 0 Å². The summed E-state index contributed by atoms with van der Waals surface area (Å²) in [4.78, 5) is 36.2. The molecule has 7 heteroatoms. The third-order valence-electron chi connectivity index (χ3n) is 2.99. The third-order valence-corrected chi connectivity index (χ3v) is 2.99. The normalized spacial score (nSPS) is 10.1. The van der Waals surface area contributed by atoms with E-state index in [-0.39, 0.29) is 30.4 Å². The van der Waals surface area contributed by atoms with E-state index in [2.05, 4.69) is 16.0 Å². The fourth-order valence-corrected chi connectivity index (χ4v) is 1.69. The molecule has 0 saturated carbocycles. The van der Waals surface area contributed by atoms with Gasteiger partial charge in [0.1, 0.15) is 0 Å². The number of hydrogen-bond donors (Lipinski definition) is 3. The van der Waals surface area contributed by atoms with Gasteiger partial charge in [-0.25, -0.2) is 4.79 Å². The van der Waals surface area contributed by atoms with Gasteiger partial charge in [0.15, 0.2) is 0 Å². The first-order valence-electron chi connectivity index (χ1n) is 7.41. The number of hydrogen-bond acceptors (Lipinski definition) is 3. The lowest BCUT2D eigenvalue weighted by Gasteiger charge is -2.11. The number of nitrogens with zero attached hydrogens (tertiary/aromatic N) is 1. The molecular weight excluding hydrogens is 296 g/mol. The van der Waals surface area contributed by atoms with Crippen molar-refractivity contribution >= 4 is 17.8 Å². The Morgan fingerprint density at radius 3 is 2.17 bits per heavy atom. The summed E-state index contributed by atoms with van der Waals surface area (Å²) >= 11 is 0. The van der Waals surface area contributed by atoms with Gasteiger partial charge in [-0.3, -0.25) is 9.59 Å². The minimum atomic E-state index is -0.308. The number of likely N-dealkylation sites (N-methyl/N-ethyl adjacent to an activating group) is 1. The molecule has 0 aliphatic heterocycles. The predicted molar refractivity (Wildman–Crippen MR) is 88.0 cm³/mol. The van der Waals surface area contributed by atoms with Crippen LogP contribution < -0.4 is 16.0 Å². The average molecular weight is 320 g/mol. The summed E-state index contributed by atoms with van der Waals surface area (Å²) in [6.07, 6.45) is 0. The lowest BCUT2D eigenvalue weighted by Crippen LogP contribution is -2.39. The second kappa shape index (κ2) is 8.77. The number of nitrogens with one attached hydrogen (secondary N) is 3. The largest absolute Gasteiger partial charge is 0.347 e. The Labute approximate surface area is 136 Å². The fraction of sp³-hybridized carbons (Fsp3) is 0.438. The monoisotopic (exact) mass is 320 g/mol. The van der Waals surface area contributed by atoms with Crippen molar-refractivity contribution in [2.45, 2.75) is 26.4 Å². The number of urea groups is 1. The van der Waals surface area contributed by atoms with Crippen LogP contribution in [0.1, 0.15) is 29.8 Å². The number of benzene rings is 1. The highest BCUT2D eigenvalue weighted by atomic mass is 16.2. The molecule has 23 heavy (non-hydrogen) atoms. The smallest absolute Gasteiger partial charge is 0.315 e. The van der Waals surface area contributed by atoms with Crippen LogP contribution in [0.5, 0.6) is 0 Å².